The van der Waals surface area contributed by atoms with E-state index < -0.39 is 11.6 Å². The number of rotatable bonds is 6. The number of aromatic nitrogens is 2. The number of anilines is 3. The lowest BCUT2D eigenvalue weighted by molar-refractivity contribution is -0.141. The summed E-state index contributed by atoms with van der Waals surface area (Å²) in [5.74, 6) is -0.0456. The molecule has 1 N–H and O–H groups in total. The lowest BCUT2D eigenvalue weighted by atomic mass is 9.99. The average molecular weight is 531 g/mol. The van der Waals surface area contributed by atoms with Crippen LogP contribution in [0, 0.1) is 11.6 Å². The van der Waals surface area contributed by atoms with Crippen molar-refractivity contribution in [3.8, 4) is 5.75 Å². The zero-order chi connectivity index (χ0) is 26.3. The van der Waals surface area contributed by atoms with E-state index in [1.54, 1.807) is 6.07 Å². The summed E-state index contributed by atoms with van der Waals surface area (Å²) in [6.07, 6.45) is 2.45. The van der Waals surface area contributed by atoms with Crippen molar-refractivity contribution < 1.29 is 18.3 Å². The van der Waals surface area contributed by atoms with Gasteiger partial charge in [-0.05, 0) is 50.6 Å². The number of nitrogens with one attached hydrogen (secondary N) is 1. The Morgan fingerprint density at radius 2 is 1.86 bits per heavy atom. The molecule has 2 aliphatic heterocycles. The Balaban J connectivity index is 1.41. The standard InChI is InChI=1S/C26H29ClF2N6O2/c1-33-7-6-22(33)25(36)34(2)18-4-8-35(9-5-18)26-31-21-14-23(37-3)20(29)13-19(21)24(32-26)30-17-11-15(27)10-16(28)12-17/h10-14,18,22H,4-9H2,1-3H3,(H,30,31,32). The smallest absolute Gasteiger partial charge is 0.239 e. The molecule has 11 heteroatoms. The summed E-state index contributed by atoms with van der Waals surface area (Å²) in [7, 11) is 5.25. The number of fused-ring (bicyclic) bond motifs is 1. The molecule has 3 aromatic rings. The second-order valence-electron chi connectivity index (χ2n) is 9.61. The number of likely N-dealkylation sites (N-methyl/N-ethyl adjacent to an activating group) is 2. The lowest BCUT2D eigenvalue weighted by Gasteiger charge is -2.42. The number of methoxy groups -OCH3 is 1. The van der Waals surface area contributed by atoms with Gasteiger partial charge in [0.2, 0.25) is 11.9 Å². The van der Waals surface area contributed by atoms with Crippen molar-refractivity contribution in [1.29, 1.82) is 0 Å². The molecule has 1 unspecified atom stereocenters. The normalized spacial score (nSPS) is 18.5. The Hall–Kier alpha value is -3.24. The van der Waals surface area contributed by atoms with Gasteiger partial charge in [-0.15, -0.1) is 0 Å². The van der Waals surface area contributed by atoms with E-state index in [0.29, 0.717) is 41.4 Å². The minimum atomic E-state index is -0.558. The number of carbonyl (C=O) groups is 1. The maximum Gasteiger partial charge on any atom is 0.239 e. The predicted molar refractivity (Wildman–Crippen MR) is 140 cm³/mol. The van der Waals surface area contributed by atoms with E-state index in [0.717, 1.165) is 25.8 Å². The topological polar surface area (TPSA) is 73.8 Å². The van der Waals surface area contributed by atoms with Crippen LogP contribution in [0.15, 0.2) is 30.3 Å². The van der Waals surface area contributed by atoms with Crippen LogP contribution < -0.4 is 15.0 Å². The number of amides is 1. The fraction of sp³-hybridized carbons (Fsp3) is 0.423. The van der Waals surface area contributed by atoms with E-state index in [-0.39, 0.29) is 28.8 Å². The summed E-state index contributed by atoms with van der Waals surface area (Å²) in [6, 6.07) is 6.99. The minimum absolute atomic E-state index is 0.0211. The van der Waals surface area contributed by atoms with Crippen molar-refractivity contribution in [3.63, 3.8) is 0 Å². The number of carbonyl (C=O) groups excluding carboxylic acids is 1. The Kier molecular flexibility index (Phi) is 7.04. The largest absolute Gasteiger partial charge is 0.494 e. The van der Waals surface area contributed by atoms with Crippen molar-refractivity contribution in [2.45, 2.75) is 31.3 Å². The first-order valence-corrected chi connectivity index (χ1v) is 12.6. The molecule has 0 aliphatic carbocycles. The van der Waals surface area contributed by atoms with Crippen LogP contribution in [-0.2, 0) is 4.79 Å². The molecule has 2 aromatic carbocycles. The molecule has 8 nitrogen and oxygen atoms in total. The van der Waals surface area contributed by atoms with E-state index >= 15 is 0 Å². The van der Waals surface area contributed by atoms with Gasteiger partial charge in [-0.2, -0.15) is 4.98 Å². The fourth-order valence-electron chi connectivity index (χ4n) is 4.97. The quantitative estimate of drug-likeness (QED) is 0.505. The van der Waals surface area contributed by atoms with Gasteiger partial charge in [-0.1, -0.05) is 11.6 Å². The van der Waals surface area contributed by atoms with Crippen molar-refractivity contribution in [2.24, 2.45) is 0 Å². The molecule has 196 valence electrons. The molecule has 3 heterocycles. The van der Waals surface area contributed by atoms with Crippen LogP contribution in [0.25, 0.3) is 10.9 Å². The molecular formula is C26H29ClF2N6O2. The van der Waals surface area contributed by atoms with Gasteiger partial charge >= 0.3 is 0 Å². The van der Waals surface area contributed by atoms with Gasteiger partial charge < -0.3 is 19.9 Å². The number of nitrogens with zero attached hydrogens (tertiary/aromatic N) is 5. The van der Waals surface area contributed by atoms with E-state index in [4.69, 9.17) is 21.3 Å². The summed E-state index contributed by atoms with van der Waals surface area (Å²) in [5, 5.41) is 3.73. The number of benzene rings is 2. The summed E-state index contributed by atoms with van der Waals surface area (Å²) in [6.45, 7) is 2.25. The Bertz CT molecular complexity index is 1310. The highest BCUT2D eigenvalue weighted by Gasteiger charge is 2.36. The van der Waals surface area contributed by atoms with Gasteiger partial charge in [0.1, 0.15) is 11.6 Å². The monoisotopic (exact) mass is 530 g/mol. The SMILES string of the molecule is COc1cc2nc(N3CCC(N(C)C(=O)C4CCN4C)CC3)nc(Nc3cc(F)cc(Cl)c3)c2cc1F. The number of hydrogen-bond donors (Lipinski definition) is 1. The third kappa shape index (κ3) is 5.13. The lowest BCUT2D eigenvalue weighted by Crippen LogP contribution is -2.57. The zero-order valence-electron chi connectivity index (χ0n) is 21.0. The van der Waals surface area contributed by atoms with Crippen LogP contribution in [0.5, 0.6) is 5.75 Å². The van der Waals surface area contributed by atoms with Gasteiger partial charge in [0.05, 0.1) is 18.7 Å². The summed E-state index contributed by atoms with van der Waals surface area (Å²) in [5.41, 5.74) is 0.864. The number of halogens is 3. The van der Waals surface area contributed by atoms with Gasteiger partial charge in [-0.3, -0.25) is 9.69 Å². The molecule has 2 fully saturated rings. The van der Waals surface area contributed by atoms with Crippen LogP contribution in [0.4, 0.5) is 26.2 Å². The second kappa shape index (κ2) is 10.3. The Morgan fingerprint density at radius 3 is 2.49 bits per heavy atom. The summed E-state index contributed by atoms with van der Waals surface area (Å²) >= 11 is 6.03. The third-order valence-corrected chi connectivity index (χ3v) is 7.52. The zero-order valence-corrected chi connectivity index (χ0v) is 21.7. The Morgan fingerprint density at radius 1 is 1.11 bits per heavy atom. The highest BCUT2D eigenvalue weighted by Crippen LogP contribution is 2.33. The molecule has 1 amide bonds. The molecule has 0 spiro atoms. The highest BCUT2D eigenvalue weighted by molar-refractivity contribution is 6.30. The number of hydrogen-bond acceptors (Lipinski definition) is 7. The number of ether oxygens (including phenoxy) is 1. The molecule has 0 radical (unpaired) electrons. The average Bonchev–Trinajstić information content (AvgIpc) is 2.86. The van der Waals surface area contributed by atoms with Gasteiger partial charge in [-0.25, -0.2) is 13.8 Å². The highest BCUT2D eigenvalue weighted by atomic mass is 35.5. The fourth-order valence-corrected chi connectivity index (χ4v) is 5.19. The molecule has 0 bridgehead atoms. The molecule has 2 saturated heterocycles. The van der Waals surface area contributed by atoms with Crippen LogP contribution >= 0.6 is 11.6 Å². The summed E-state index contributed by atoms with van der Waals surface area (Å²) < 4.78 is 33.7. The maximum absolute atomic E-state index is 14.6. The van der Waals surface area contributed by atoms with Crippen molar-refractivity contribution in [3.05, 3.63) is 47.0 Å². The van der Waals surface area contributed by atoms with Gasteiger partial charge in [0.25, 0.3) is 0 Å². The maximum atomic E-state index is 14.6. The molecule has 2 aliphatic rings. The molecule has 1 atom stereocenters. The van der Waals surface area contributed by atoms with E-state index in [1.165, 1.54) is 31.4 Å². The van der Waals surface area contributed by atoms with E-state index in [1.807, 2.05) is 23.9 Å². The van der Waals surface area contributed by atoms with E-state index in [2.05, 4.69) is 15.2 Å². The third-order valence-electron chi connectivity index (χ3n) is 7.30. The van der Waals surface area contributed by atoms with Crippen LogP contribution in [0.1, 0.15) is 19.3 Å². The molecule has 5 rings (SSSR count). The van der Waals surface area contributed by atoms with Gasteiger partial charge in [0.15, 0.2) is 11.6 Å². The number of piperidine rings is 1. The molecular weight excluding hydrogens is 502 g/mol. The predicted octanol–water partition coefficient (Wildman–Crippen LogP) is 4.44. The first-order chi connectivity index (χ1) is 17.7. The molecule has 0 saturated carbocycles. The van der Waals surface area contributed by atoms with Crippen LogP contribution in [0.3, 0.4) is 0 Å². The van der Waals surface area contributed by atoms with Crippen LogP contribution in [0.2, 0.25) is 5.02 Å². The van der Waals surface area contributed by atoms with Crippen molar-refractivity contribution in [1.82, 2.24) is 19.8 Å². The summed E-state index contributed by atoms with van der Waals surface area (Å²) in [4.78, 5) is 28.2. The first kappa shape index (κ1) is 25.4. The second-order valence-corrected chi connectivity index (χ2v) is 10.0. The molecule has 37 heavy (non-hydrogen) atoms. The minimum Gasteiger partial charge on any atom is -0.494 e. The van der Waals surface area contributed by atoms with Crippen LogP contribution in [-0.4, -0.2) is 78.6 Å². The number of likely N-dealkylation sites (tertiary alicyclic amines) is 1. The first-order valence-electron chi connectivity index (χ1n) is 12.2. The van der Waals surface area contributed by atoms with Crippen molar-refractivity contribution in [2.75, 3.05) is 51.1 Å². The molecule has 1 aromatic heterocycles. The van der Waals surface area contributed by atoms with Crippen molar-refractivity contribution >= 4 is 45.9 Å². The Labute approximate surface area is 219 Å². The van der Waals surface area contributed by atoms with E-state index in [9.17, 15) is 13.6 Å². The van der Waals surface area contributed by atoms with Gasteiger partial charge in [0, 0.05) is 54.9 Å².